The average Bonchev–Trinajstić information content (AvgIpc) is 2.66. The molecule has 1 fully saturated rings. The first kappa shape index (κ1) is 9.51. The Morgan fingerprint density at radius 1 is 1.58 bits per heavy atom. The third-order valence-electron chi connectivity index (χ3n) is 2.03. The van der Waals surface area contributed by atoms with E-state index in [4.69, 9.17) is 5.11 Å². The molecule has 1 unspecified atom stereocenters. The minimum atomic E-state index is -3.38. The van der Waals surface area contributed by atoms with Crippen LogP contribution in [0.1, 0.15) is 26.2 Å². The van der Waals surface area contributed by atoms with Gasteiger partial charge in [-0.2, -0.15) is 0 Å². The summed E-state index contributed by atoms with van der Waals surface area (Å²) in [5.41, 5.74) is 0. The van der Waals surface area contributed by atoms with Crippen LogP contribution in [0.5, 0.6) is 0 Å². The smallest absolute Gasteiger partial charge is 0.321 e. The fourth-order valence-electron chi connectivity index (χ4n) is 1.18. The molecule has 0 radical (unpaired) electrons. The summed E-state index contributed by atoms with van der Waals surface area (Å²) in [5, 5.41) is 7.04. The monoisotopic (exact) mass is 192 g/mol. The van der Waals surface area contributed by atoms with Gasteiger partial charge in [0.15, 0.2) is 15.1 Å². The minimum absolute atomic E-state index is 0.161. The van der Waals surface area contributed by atoms with Gasteiger partial charge in [-0.25, -0.2) is 8.42 Å². The maximum Gasteiger partial charge on any atom is 0.321 e. The van der Waals surface area contributed by atoms with Gasteiger partial charge in [0, 0.05) is 0 Å². The lowest BCUT2D eigenvalue weighted by Crippen LogP contribution is -2.32. The van der Waals surface area contributed by atoms with Crippen molar-refractivity contribution >= 4 is 15.8 Å². The zero-order valence-corrected chi connectivity index (χ0v) is 7.67. The largest absolute Gasteiger partial charge is 0.480 e. The summed E-state index contributed by atoms with van der Waals surface area (Å²) in [5.74, 6) is -1.22. The standard InChI is InChI=1S/C7H12O4S/c1-2-6(7(8)9)12(10,11)5-3-4-5/h5-6H,2-4H2,1H3,(H,8,9). The Morgan fingerprint density at radius 2 is 2.08 bits per heavy atom. The van der Waals surface area contributed by atoms with Gasteiger partial charge in [0.2, 0.25) is 0 Å². The second kappa shape index (κ2) is 3.05. The van der Waals surface area contributed by atoms with Crippen molar-refractivity contribution in [2.24, 2.45) is 0 Å². The summed E-state index contributed by atoms with van der Waals surface area (Å²) < 4.78 is 22.8. The molecule has 0 heterocycles. The summed E-state index contributed by atoms with van der Waals surface area (Å²) in [6, 6.07) is 0. The summed E-state index contributed by atoms with van der Waals surface area (Å²) in [6.45, 7) is 1.58. The molecule has 4 nitrogen and oxygen atoms in total. The van der Waals surface area contributed by atoms with Crippen molar-refractivity contribution in [2.75, 3.05) is 0 Å². The fourth-order valence-corrected chi connectivity index (χ4v) is 3.18. The van der Waals surface area contributed by atoms with Crippen molar-refractivity contribution in [1.29, 1.82) is 0 Å². The minimum Gasteiger partial charge on any atom is -0.480 e. The number of aliphatic carboxylic acids is 1. The van der Waals surface area contributed by atoms with Crippen LogP contribution in [0.25, 0.3) is 0 Å². The van der Waals surface area contributed by atoms with Crippen LogP contribution in [0.2, 0.25) is 0 Å². The molecule has 0 aromatic rings. The van der Waals surface area contributed by atoms with Gasteiger partial charge in [0.1, 0.15) is 0 Å². The van der Waals surface area contributed by atoms with Crippen LogP contribution in [0.15, 0.2) is 0 Å². The van der Waals surface area contributed by atoms with E-state index in [1.807, 2.05) is 0 Å². The number of hydrogen-bond acceptors (Lipinski definition) is 3. The Hall–Kier alpha value is -0.580. The zero-order valence-electron chi connectivity index (χ0n) is 6.86. The molecule has 1 saturated carbocycles. The molecule has 5 heteroatoms. The first-order valence-electron chi connectivity index (χ1n) is 3.95. The molecule has 0 aromatic carbocycles. The summed E-state index contributed by atoms with van der Waals surface area (Å²) in [6.07, 6.45) is 1.42. The highest BCUT2D eigenvalue weighted by Crippen LogP contribution is 2.32. The van der Waals surface area contributed by atoms with E-state index in [0.717, 1.165) is 0 Å². The third kappa shape index (κ3) is 1.60. The number of carboxylic acids is 1. The van der Waals surface area contributed by atoms with Crippen molar-refractivity contribution in [3.8, 4) is 0 Å². The molecule has 1 aliphatic rings. The van der Waals surface area contributed by atoms with Crippen molar-refractivity contribution in [3.05, 3.63) is 0 Å². The highest BCUT2D eigenvalue weighted by atomic mass is 32.2. The number of rotatable bonds is 4. The molecule has 0 bridgehead atoms. The summed E-state index contributed by atoms with van der Waals surface area (Å²) in [7, 11) is -3.38. The molecule has 1 atom stereocenters. The van der Waals surface area contributed by atoms with Crippen LogP contribution in [-0.2, 0) is 14.6 Å². The Labute approximate surface area is 71.5 Å². The van der Waals surface area contributed by atoms with E-state index < -0.39 is 21.1 Å². The SMILES string of the molecule is CCC(C(=O)O)S(=O)(=O)C1CC1. The third-order valence-corrected chi connectivity index (χ3v) is 4.76. The van der Waals surface area contributed by atoms with Crippen LogP contribution >= 0.6 is 0 Å². The highest BCUT2D eigenvalue weighted by molar-refractivity contribution is 7.93. The molecule has 1 rings (SSSR count). The second-order valence-electron chi connectivity index (χ2n) is 3.02. The molecule has 12 heavy (non-hydrogen) atoms. The van der Waals surface area contributed by atoms with Gasteiger partial charge in [-0.1, -0.05) is 6.92 Å². The summed E-state index contributed by atoms with van der Waals surface area (Å²) in [4.78, 5) is 10.5. The van der Waals surface area contributed by atoms with E-state index in [0.29, 0.717) is 12.8 Å². The van der Waals surface area contributed by atoms with Crippen molar-refractivity contribution in [3.63, 3.8) is 0 Å². The molecule has 0 aromatic heterocycles. The van der Waals surface area contributed by atoms with Gasteiger partial charge in [-0.3, -0.25) is 4.79 Å². The molecular formula is C7H12O4S. The van der Waals surface area contributed by atoms with Crippen LogP contribution in [-0.4, -0.2) is 30.0 Å². The number of hydrogen-bond donors (Lipinski definition) is 1. The average molecular weight is 192 g/mol. The lowest BCUT2D eigenvalue weighted by molar-refractivity contribution is -0.136. The number of carboxylic acid groups (broad SMARTS) is 1. The van der Waals surface area contributed by atoms with E-state index >= 15 is 0 Å². The van der Waals surface area contributed by atoms with Gasteiger partial charge in [0.25, 0.3) is 0 Å². The molecule has 0 amide bonds. The lowest BCUT2D eigenvalue weighted by atomic mass is 10.3. The molecule has 1 N–H and O–H groups in total. The molecule has 0 aliphatic heterocycles. The normalized spacial score (nSPS) is 20.4. The topological polar surface area (TPSA) is 71.4 Å². The molecule has 0 spiro atoms. The number of carbonyl (C=O) groups is 1. The molecule has 70 valence electrons. The highest BCUT2D eigenvalue weighted by Gasteiger charge is 2.43. The van der Waals surface area contributed by atoms with Gasteiger partial charge >= 0.3 is 5.97 Å². The van der Waals surface area contributed by atoms with Crippen molar-refractivity contribution in [1.82, 2.24) is 0 Å². The molecular weight excluding hydrogens is 180 g/mol. The maximum absolute atomic E-state index is 11.4. The molecule has 0 saturated heterocycles. The predicted octanol–water partition coefficient (Wildman–Crippen LogP) is 0.427. The lowest BCUT2D eigenvalue weighted by Gasteiger charge is -2.09. The Balaban J connectivity index is 2.83. The van der Waals surface area contributed by atoms with Crippen LogP contribution in [0.4, 0.5) is 0 Å². The fraction of sp³-hybridized carbons (Fsp3) is 0.857. The van der Waals surface area contributed by atoms with Crippen LogP contribution in [0, 0.1) is 0 Å². The first-order chi connectivity index (χ1) is 5.50. The van der Waals surface area contributed by atoms with Gasteiger partial charge in [-0.05, 0) is 19.3 Å². The Bertz CT molecular complexity index is 276. The Morgan fingerprint density at radius 3 is 2.33 bits per heavy atom. The summed E-state index contributed by atoms with van der Waals surface area (Å²) >= 11 is 0. The quantitative estimate of drug-likeness (QED) is 0.701. The van der Waals surface area contributed by atoms with E-state index in [-0.39, 0.29) is 11.7 Å². The van der Waals surface area contributed by atoms with Gasteiger partial charge in [0.05, 0.1) is 5.25 Å². The van der Waals surface area contributed by atoms with E-state index in [1.165, 1.54) is 0 Å². The van der Waals surface area contributed by atoms with E-state index in [2.05, 4.69) is 0 Å². The first-order valence-corrected chi connectivity index (χ1v) is 5.56. The number of sulfone groups is 1. The predicted molar refractivity (Wildman–Crippen MR) is 43.7 cm³/mol. The van der Waals surface area contributed by atoms with Crippen molar-refractivity contribution in [2.45, 2.75) is 36.7 Å². The second-order valence-corrected chi connectivity index (χ2v) is 5.44. The van der Waals surface area contributed by atoms with Gasteiger partial charge < -0.3 is 5.11 Å². The Kier molecular flexibility index (Phi) is 2.41. The van der Waals surface area contributed by atoms with E-state index in [9.17, 15) is 13.2 Å². The molecule has 1 aliphatic carbocycles. The maximum atomic E-state index is 11.4. The van der Waals surface area contributed by atoms with Crippen molar-refractivity contribution < 1.29 is 18.3 Å². The van der Waals surface area contributed by atoms with Crippen LogP contribution in [0.3, 0.4) is 0 Å². The zero-order chi connectivity index (χ0) is 9.35. The van der Waals surface area contributed by atoms with Gasteiger partial charge in [-0.15, -0.1) is 0 Å². The van der Waals surface area contributed by atoms with Crippen LogP contribution < -0.4 is 0 Å². The van der Waals surface area contributed by atoms with E-state index in [1.54, 1.807) is 6.92 Å².